The molecule has 0 unspecified atom stereocenters. The van der Waals surface area contributed by atoms with Gasteiger partial charge in [-0.1, -0.05) is 110 Å². The maximum Gasteiger partial charge on any atom is -0.00265 e. The van der Waals surface area contributed by atoms with Gasteiger partial charge in [-0.2, -0.15) is 0 Å². The Morgan fingerprint density at radius 3 is 1.48 bits per heavy atom. The summed E-state index contributed by atoms with van der Waals surface area (Å²) >= 11 is 0. The summed E-state index contributed by atoms with van der Waals surface area (Å²) in [5.41, 5.74) is 7.35. The maximum atomic E-state index is 4.17. The van der Waals surface area contributed by atoms with E-state index in [1.807, 2.05) is 6.08 Å². The van der Waals surface area contributed by atoms with E-state index in [2.05, 4.69) is 111 Å². The zero-order chi connectivity index (χ0) is 18.6. The van der Waals surface area contributed by atoms with Crippen molar-refractivity contribution in [2.24, 2.45) is 0 Å². The zero-order valence-corrected chi connectivity index (χ0v) is 15.5. The molecule has 0 aliphatic heterocycles. The van der Waals surface area contributed by atoms with Crippen molar-refractivity contribution in [3.05, 3.63) is 109 Å². The van der Waals surface area contributed by atoms with Crippen molar-refractivity contribution in [1.29, 1.82) is 0 Å². The lowest BCUT2D eigenvalue weighted by molar-refractivity contribution is 1.57. The molecule has 4 aromatic carbocycles. The molecule has 0 atom stereocenters. The summed E-state index contributed by atoms with van der Waals surface area (Å²) in [6.45, 7) is 6.24. The van der Waals surface area contributed by atoms with Crippen LogP contribution >= 0.6 is 0 Å². The fraction of sp³-hybridized carbons (Fsp3) is 0.0370. The zero-order valence-electron chi connectivity index (χ0n) is 15.5. The molecule has 0 saturated carbocycles. The van der Waals surface area contributed by atoms with Gasteiger partial charge in [-0.25, -0.2) is 0 Å². The van der Waals surface area contributed by atoms with Crippen molar-refractivity contribution in [1.82, 2.24) is 0 Å². The third kappa shape index (κ3) is 3.00. The van der Waals surface area contributed by atoms with Gasteiger partial charge >= 0.3 is 0 Å². The maximum absolute atomic E-state index is 4.17. The molecule has 0 N–H and O–H groups in total. The van der Waals surface area contributed by atoms with Crippen LogP contribution in [0.15, 0.2) is 97.6 Å². The molecule has 0 amide bonds. The minimum atomic E-state index is 1.18. The highest BCUT2D eigenvalue weighted by atomic mass is 14.2. The Balaban J connectivity index is 2.23. The van der Waals surface area contributed by atoms with Gasteiger partial charge in [-0.05, 0) is 51.1 Å². The van der Waals surface area contributed by atoms with Crippen molar-refractivity contribution < 1.29 is 0 Å². The van der Waals surface area contributed by atoms with Crippen molar-refractivity contribution in [2.75, 3.05) is 0 Å². The minimum absolute atomic E-state index is 1.18. The van der Waals surface area contributed by atoms with Gasteiger partial charge in [0.15, 0.2) is 0 Å². The number of fused-ring (bicyclic) bond motifs is 1. The van der Waals surface area contributed by atoms with Crippen LogP contribution in [0.1, 0.15) is 18.1 Å². The first-order valence-corrected chi connectivity index (χ1v) is 9.29. The molecule has 0 heteroatoms. The molecule has 130 valence electrons. The molecule has 0 bridgehead atoms. The number of allylic oxidation sites excluding steroid dienone is 1. The van der Waals surface area contributed by atoms with Gasteiger partial charge in [0, 0.05) is 0 Å². The van der Waals surface area contributed by atoms with Gasteiger partial charge < -0.3 is 0 Å². The van der Waals surface area contributed by atoms with Crippen LogP contribution in [0.4, 0.5) is 0 Å². The average Bonchev–Trinajstić information content (AvgIpc) is 2.74. The number of rotatable bonds is 4. The van der Waals surface area contributed by atoms with Crippen LogP contribution in [-0.4, -0.2) is 0 Å². The van der Waals surface area contributed by atoms with Crippen LogP contribution < -0.4 is 0 Å². The number of hydrogen-bond acceptors (Lipinski definition) is 0. The SMILES string of the molecule is C=Cc1c(C=CC)c(-c2ccccc2)c2ccccc2c1-c1ccccc1. The average molecular weight is 346 g/mol. The largest absolute Gasteiger partial charge is 0.0984 e. The van der Waals surface area contributed by atoms with E-state index in [1.165, 1.54) is 44.2 Å². The van der Waals surface area contributed by atoms with Crippen LogP contribution in [0.2, 0.25) is 0 Å². The topological polar surface area (TPSA) is 0 Å². The van der Waals surface area contributed by atoms with E-state index >= 15 is 0 Å². The first-order valence-electron chi connectivity index (χ1n) is 9.29. The Hall–Kier alpha value is -3.38. The van der Waals surface area contributed by atoms with E-state index in [-0.39, 0.29) is 0 Å². The molecular formula is C27H22. The highest BCUT2D eigenvalue weighted by Crippen LogP contribution is 2.43. The third-order valence-electron chi connectivity index (χ3n) is 4.96. The monoisotopic (exact) mass is 346 g/mol. The van der Waals surface area contributed by atoms with Gasteiger partial charge in [-0.3, -0.25) is 0 Å². The summed E-state index contributed by atoms with van der Waals surface area (Å²) in [7, 11) is 0. The molecule has 0 radical (unpaired) electrons. The van der Waals surface area contributed by atoms with Crippen LogP contribution in [0.3, 0.4) is 0 Å². The third-order valence-corrected chi connectivity index (χ3v) is 4.96. The lowest BCUT2D eigenvalue weighted by Gasteiger charge is -2.20. The van der Waals surface area contributed by atoms with Crippen molar-refractivity contribution in [2.45, 2.75) is 6.92 Å². The Morgan fingerprint density at radius 2 is 1.04 bits per heavy atom. The first-order chi connectivity index (χ1) is 13.3. The standard InChI is InChI=1S/C27H22/c1-3-13-23-22(4-2)26(20-14-7-5-8-15-20)24-18-11-12-19-25(24)27(23)21-16-9-6-10-17-21/h3-19H,2H2,1H3. The van der Waals surface area contributed by atoms with E-state index in [0.717, 1.165) is 0 Å². The van der Waals surface area contributed by atoms with Gasteiger partial charge in [0.05, 0.1) is 0 Å². The van der Waals surface area contributed by atoms with Crippen molar-refractivity contribution in [3.63, 3.8) is 0 Å². The van der Waals surface area contributed by atoms with Crippen LogP contribution in [0.25, 0.3) is 45.2 Å². The number of benzene rings is 4. The highest BCUT2D eigenvalue weighted by molar-refractivity contribution is 6.11. The summed E-state index contributed by atoms with van der Waals surface area (Å²) in [5, 5.41) is 2.52. The van der Waals surface area contributed by atoms with E-state index in [0.29, 0.717) is 0 Å². The summed E-state index contributed by atoms with van der Waals surface area (Å²) in [4.78, 5) is 0. The van der Waals surface area contributed by atoms with Crippen LogP contribution in [0, 0.1) is 0 Å². The quantitative estimate of drug-likeness (QED) is 0.353. The van der Waals surface area contributed by atoms with E-state index in [9.17, 15) is 0 Å². The predicted octanol–water partition coefficient (Wildman–Crippen LogP) is 7.85. The normalized spacial score (nSPS) is 11.1. The smallest absolute Gasteiger partial charge is 0.00265 e. The fourth-order valence-corrected chi connectivity index (χ4v) is 3.86. The van der Waals surface area contributed by atoms with E-state index in [1.54, 1.807) is 0 Å². The molecule has 0 aromatic heterocycles. The molecule has 0 aliphatic carbocycles. The van der Waals surface area contributed by atoms with E-state index < -0.39 is 0 Å². The van der Waals surface area contributed by atoms with Crippen LogP contribution in [0.5, 0.6) is 0 Å². The molecule has 27 heavy (non-hydrogen) atoms. The predicted molar refractivity (Wildman–Crippen MR) is 120 cm³/mol. The van der Waals surface area contributed by atoms with Crippen LogP contribution in [-0.2, 0) is 0 Å². The first kappa shape index (κ1) is 17.1. The Kier molecular flexibility index (Phi) is 4.72. The Morgan fingerprint density at radius 1 is 0.593 bits per heavy atom. The summed E-state index contributed by atoms with van der Waals surface area (Å²) in [6.07, 6.45) is 6.31. The number of hydrogen-bond donors (Lipinski definition) is 0. The second-order valence-electron chi connectivity index (χ2n) is 6.56. The van der Waals surface area contributed by atoms with Gasteiger partial charge in [0.2, 0.25) is 0 Å². The summed E-state index contributed by atoms with van der Waals surface area (Å²) in [6, 6.07) is 29.9. The highest BCUT2D eigenvalue weighted by Gasteiger charge is 2.18. The molecule has 0 saturated heterocycles. The molecule has 0 fully saturated rings. The molecule has 0 heterocycles. The second kappa shape index (κ2) is 7.47. The van der Waals surface area contributed by atoms with Crippen molar-refractivity contribution >= 4 is 22.9 Å². The fourth-order valence-electron chi connectivity index (χ4n) is 3.86. The molecule has 0 nitrogen and oxygen atoms in total. The van der Waals surface area contributed by atoms with Gasteiger partial charge in [0.25, 0.3) is 0 Å². The second-order valence-corrected chi connectivity index (χ2v) is 6.56. The lowest BCUT2D eigenvalue weighted by atomic mass is 9.83. The summed E-state index contributed by atoms with van der Waals surface area (Å²) in [5.74, 6) is 0. The minimum Gasteiger partial charge on any atom is -0.0984 e. The molecule has 4 rings (SSSR count). The van der Waals surface area contributed by atoms with E-state index in [4.69, 9.17) is 0 Å². The summed E-state index contributed by atoms with van der Waals surface area (Å²) < 4.78 is 0. The Labute approximate surface area is 161 Å². The molecule has 0 aliphatic rings. The molecular weight excluding hydrogens is 324 g/mol. The van der Waals surface area contributed by atoms with Crippen molar-refractivity contribution in [3.8, 4) is 22.3 Å². The van der Waals surface area contributed by atoms with Gasteiger partial charge in [0.1, 0.15) is 0 Å². The lowest BCUT2D eigenvalue weighted by Crippen LogP contribution is -1.96. The molecule has 0 spiro atoms. The molecule has 4 aromatic rings. The Bertz CT molecular complexity index is 1120. The van der Waals surface area contributed by atoms with Gasteiger partial charge in [-0.15, -0.1) is 0 Å².